The van der Waals surface area contributed by atoms with Crippen LogP contribution >= 0.6 is 0 Å². The van der Waals surface area contributed by atoms with Gasteiger partial charge in [-0.3, -0.25) is 0 Å². The molecule has 18 heavy (non-hydrogen) atoms. The predicted molar refractivity (Wildman–Crippen MR) is 68.2 cm³/mol. The van der Waals surface area contributed by atoms with Gasteiger partial charge in [-0.2, -0.15) is 0 Å². The molecule has 1 aromatic carbocycles. The smallest absolute Gasteiger partial charge is 0.178 e. The molecule has 4 nitrogen and oxygen atoms in total. The normalized spacial score (nSPS) is 17.8. The molecule has 1 aliphatic heterocycles. The van der Waals surface area contributed by atoms with E-state index in [0.29, 0.717) is 24.5 Å². The molecule has 2 rings (SSSR count). The number of benzene rings is 1. The molecule has 1 saturated heterocycles. The Hall–Kier alpha value is -0.910. The highest BCUT2D eigenvalue weighted by Gasteiger charge is 2.20. The second-order valence-electron chi connectivity index (χ2n) is 4.45. The van der Waals surface area contributed by atoms with Gasteiger partial charge in [0.05, 0.1) is 23.9 Å². The van der Waals surface area contributed by atoms with Crippen LogP contribution in [0.5, 0.6) is 0 Å². The van der Waals surface area contributed by atoms with E-state index in [0.717, 1.165) is 12.0 Å². The number of sulfone groups is 1. The molecule has 0 saturated carbocycles. The van der Waals surface area contributed by atoms with Crippen molar-refractivity contribution in [3.05, 3.63) is 29.8 Å². The summed E-state index contributed by atoms with van der Waals surface area (Å²) in [5.74, 6) is 0.0567. The van der Waals surface area contributed by atoms with Crippen molar-refractivity contribution in [3.63, 3.8) is 0 Å². The summed E-state index contributed by atoms with van der Waals surface area (Å²) in [5.41, 5.74) is 0.946. The van der Waals surface area contributed by atoms with E-state index in [4.69, 9.17) is 9.47 Å². The maximum atomic E-state index is 12.1. The minimum Gasteiger partial charge on any atom is -0.353 e. The van der Waals surface area contributed by atoms with E-state index in [1.807, 2.05) is 13.0 Å². The van der Waals surface area contributed by atoms with Crippen molar-refractivity contribution >= 4 is 9.84 Å². The molecule has 100 valence electrons. The van der Waals surface area contributed by atoms with Gasteiger partial charge < -0.3 is 9.47 Å². The molecule has 0 spiro atoms. The van der Waals surface area contributed by atoms with Crippen molar-refractivity contribution in [1.82, 2.24) is 0 Å². The summed E-state index contributed by atoms with van der Waals surface area (Å²) in [6, 6.07) is 6.96. The van der Waals surface area contributed by atoms with E-state index in [1.165, 1.54) is 0 Å². The highest BCUT2D eigenvalue weighted by molar-refractivity contribution is 7.91. The van der Waals surface area contributed by atoms with Crippen molar-refractivity contribution in [2.24, 2.45) is 0 Å². The third-order valence-corrected chi connectivity index (χ3v) is 4.61. The molecule has 5 heteroatoms. The minimum absolute atomic E-state index is 0.0567. The van der Waals surface area contributed by atoms with Gasteiger partial charge in [0, 0.05) is 6.42 Å². The molecular formula is C13H18O4S. The van der Waals surface area contributed by atoms with Crippen molar-refractivity contribution in [1.29, 1.82) is 0 Å². The maximum Gasteiger partial charge on any atom is 0.178 e. The van der Waals surface area contributed by atoms with Crippen molar-refractivity contribution < 1.29 is 17.9 Å². The molecule has 1 fully saturated rings. The van der Waals surface area contributed by atoms with Crippen LogP contribution in [0.15, 0.2) is 29.2 Å². The van der Waals surface area contributed by atoms with E-state index in [1.54, 1.807) is 18.2 Å². The summed E-state index contributed by atoms with van der Waals surface area (Å²) in [6.45, 7) is 3.18. The van der Waals surface area contributed by atoms with Gasteiger partial charge in [0.1, 0.15) is 0 Å². The Morgan fingerprint density at radius 2 is 2.00 bits per heavy atom. The van der Waals surface area contributed by atoms with Crippen LogP contribution in [0.3, 0.4) is 0 Å². The third kappa shape index (κ3) is 3.54. The summed E-state index contributed by atoms with van der Waals surface area (Å²) in [7, 11) is -3.24. The van der Waals surface area contributed by atoms with Crippen LogP contribution in [0.25, 0.3) is 0 Å². The first-order valence-electron chi connectivity index (χ1n) is 6.10. The zero-order valence-electron chi connectivity index (χ0n) is 10.5. The largest absolute Gasteiger partial charge is 0.353 e. The fourth-order valence-corrected chi connectivity index (χ4v) is 3.27. The predicted octanol–water partition coefficient (Wildman–Crippen LogP) is 1.92. The molecule has 0 bridgehead atoms. The summed E-state index contributed by atoms with van der Waals surface area (Å²) in [5, 5.41) is 0. The lowest BCUT2D eigenvalue weighted by Crippen LogP contribution is -2.27. The standard InChI is InChI=1S/C13H18O4S/c1-11-4-2-5-12(10-11)18(14,15)9-6-13-16-7-3-8-17-13/h2,4-5,10,13H,3,6-9H2,1H3. The lowest BCUT2D eigenvalue weighted by atomic mass is 10.2. The average Bonchev–Trinajstić information content (AvgIpc) is 2.38. The second kappa shape index (κ2) is 5.82. The number of rotatable bonds is 4. The highest BCUT2D eigenvalue weighted by Crippen LogP contribution is 2.16. The van der Waals surface area contributed by atoms with Crippen LogP contribution in [0.4, 0.5) is 0 Å². The van der Waals surface area contributed by atoms with Crippen LogP contribution < -0.4 is 0 Å². The van der Waals surface area contributed by atoms with Crippen molar-refractivity contribution in [2.45, 2.75) is 31.0 Å². The molecule has 0 amide bonds. The van der Waals surface area contributed by atoms with Crippen molar-refractivity contribution in [3.8, 4) is 0 Å². The van der Waals surface area contributed by atoms with E-state index in [-0.39, 0.29) is 12.0 Å². The first-order valence-corrected chi connectivity index (χ1v) is 7.76. The Morgan fingerprint density at radius 3 is 2.67 bits per heavy atom. The van der Waals surface area contributed by atoms with Gasteiger partial charge in [-0.15, -0.1) is 0 Å². The van der Waals surface area contributed by atoms with Crippen LogP contribution in [0, 0.1) is 6.92 Å². The number of ether oxygens (including phenoxy) is 2. The molecule has 1 aliphatic rings. The van der Waals surface area contributed by atoms with Crippen LogP contribution in [-0.2, 0) is 19.3 Å². The molecule has 1 heterocycles. The number of aryl methyl sites for hydroxylation is 1. The Labute approximate surface area is 108 Å². The van der Waals surface area contributed by atoms with Gasteiger partial charge in [-0.05, 0) is 31.0 Å². The van der Waals surface area contributed by atoms with E-state index in [9.17, 15) is 8.42 Å². The molecule has 0 aliphatic carbocycles. The third-order valence-electron chi connectivity index (χ3n) is 2.87. The van der Waals surface area contributed by atoms with E-state index >= 15 is 0 Å². The summed E-state index contributed by atoms with van der Waals surface area (Å²) >= 11 is 0. The molecule has 1 aromatic rings. The first kappa shape index (κ1) is 13.5. The Morgan fingerprint density at radius 1 is 1.28 bits per heavy atom. The van der Waals surface area contributed by atoms with Crippen LogP contribution in [0.2, 0.25) is 0 Å². The zero-order valence-corrected chi connectivity index (χ0v) is 11.3. The first-order chi connectivity index (χ1) is 8.58. The van der Waals surface area contributed by atoms with Crippen LogP contribution in [0.1, 0.15) is 18.4 Å². The fraction of sp³-hybridized carbons (Fsp3) is 0.538. The van der Waals surface area contributed by atoms with Crippen molar-refractivity contribution in [2.75, 3.05) is 19.0 Å². The Balaban J connectivity index is 1.98. The highest BCUT2D eigenvalue weighted by atomic mass is 32.2. The monoisotopic (exact) mass is 270 g/mol. The molecule has 0 atom stereocenters. The SMILES string of the molecule is Cc1cccc(S(=O)(=O)CCC2OCCCO2)c1. The van der Waals surface area contributed by atoms with Gasteiger partial charge in [-0.1, -0.05) is 12.1 Å². The van der Waals surface area contributed by atoms with Gasteiger partial charge in [0.2, 0.25) is 0 Å². The maximum absolute atomic E-state index is 12.1. The molecular weight excluding hydrogens is 252 g/mol. The van der Waals surface area contributed by atoms with Gasteiger partial charge in [0.15, 0.2) is 16.1 Å². The summed E-state index contributed by atoms with van der Waals surface area (Å²) in [6.07, 6.45) is 0.885. The van der Waals surface area contributed by atoms with Gasteiger partial charge in [0.25, 0.3) is 0 Å². The molecule has 0 radical (unpaired) electrons. The van der Waals surface area contributed by atoms with Crippen LogP contribution in [-0.4, -0.2) is 33.7 Å². The zero-order chi connectivity index (χ0) is 13.0. The average molecular weight is 270 g/mol. The lowest BCUT2D eigenvalue weighted by Gasteiger charge is -2.22. The molecule has 0 aromatic heterocycles. The lowest BCUT2D eigenvalue weighted by molar-refractivity contribution is -0.178. The van der Waals surface area contributed by atoms with Gasteiger partial charge in [-0.25, -0.2) is 8.42 Å². The topological polar surface area (TPSA) is 52.6 Å². The Bertz CT molecular complexity index is 489. The van der Waals surface area contributed by atoms with E-state index < -0.39 is 9.84 Å². The molecule has 0 N–H and O–H groups in total. The summed E-state index contributed by atoms with van der Waals surface area (Å²) in [4.78, 5) is 0.373. The fourth-order valence-electron chi connectivity index (χ4n) is 1.88. The molecule has 0 unspecified atom stereocenters. The second-order valence-corrected chi connectivity index (χ2v) is 6.56. The number of hydrogen-bond donors (Lipinski definition) is 0. The van der Waals surface area contributed by atoms with E-state index in [2.05, 4.69) is 0 Å². The Kier molecular flexibility index (Phi) is 4.37. The minimum atomic E-state index is -3.24. The summed E-state index contributed by atoms with van der Waals surface area (Å²) < 4.78 is 34.9. The number of hydrogen-bond acceptors (Lipinski definition) is 4. The van der Waals surface area contributed by atoms with Gasteiger partial charge >= 0.3 is 0 Å². The quantitative estimate of drug-likeness (QED) is 0.839.